The summed E-state index contributed by atoms with van der Waals surface area (Å²) in [5.74, 6) is 1.03. The van der Waals surface area contributed by atoms with Crippen molar-refractivity contribution in [2.45, 2.75) is 13.8 Å². The minimum Gasteiger partial charge on any atom is -0.496 e. The Morgan fingerprint density at radius 2 is 1.96 bits per heavy atom. The van der Waals surface area contributed by atoms with Gasteiger partial charge in [-0.2, -0.15) is 5.26 Å². The molecular weight excluding hydrogens is 316 g/mol. The Kier molecular flexibility index (Phi) is 6.19. The average molecular weight is 336 g/mol. The number of carbonyl (C=O) groups excluding carboxylic acids is 1. The van der Waals surface area contributed by atoms with Gasteiger partial charge in [-0.1, -0.05) is 6.07 Å². The third-order valence-corrected chi connectivity index (χ3v) is 3.52. The number of carbonyl (C=O) groups is 1. The van der Waals surface area contributed by atoms with E-state index in [1.807, 2.05) is 26.0 Å². The maximum atomic E-state index is 12.3. The fourth-order valence-corrected chi connectivity index (χ4v) is 2.31. The monoisotopic (exact) mass is 336 g/mol. The molecule has 0 radical (unpaired) electrons. The van der Waals surface area contributed by atoms with E-state index in [1.54, 1.807) is 49.6 Å². The van der Waals surface area contributed by atoms with Crippen LogP contribution in [0.4, 0.5) is 5.69 Å². The Bertz CT molecular complexity index is 818. The summed E-state index contributed by atoms with van der Waals surface area (Å²) in [6.07, 6.45) is 1.55. The molecule has 2 aromatic rings. The SMILES string of the molecule is CCOc1ccc(NC(=O)/C(C#N)=C/c2ccc(OC)c(C)c2)cc1. The van der Waals surface area contributed by atoms with Crippen LogP contribution in [0.3, 0.4) is 0 Å². The van der Waals surface area contributed by atoms with Crippen LogP contribution in [0, 0.1) is 18.3 Å². The molecule has 0 saturated carbocycles. The highest BCUT2D eigenvalue weighted by Gasteiger charge is 2.10. The summed E-state index contributed by atoms with van der Waals surface area (Å²) in [5, 5.41) is 12.0. The van der Waals surface area contributed by atoms with Crippen molar-refractivity contribution in [2.24, 2.45) is 0 Å². The predicted octanol–water partition coefficient (Wildman–Crippen LogP) is 3.95. The highest BCUT2D eigenvalue weighted by atomic mass is 16.5. The largest absolute Gasteiger partial charge is 0.496 e. The van der Waals surface area contributed by atoms with Gasteiger partial charge >= 0.3 is 0 Å². The van der Waals surface area contributed by atoms with Gasteiger partial charge in [-0.3, -0.25) is 4.79 Å². The second kappa shape index (κ2) is 8.55. The summed E-state index contributed by atoms with van der Waals surface area (Å²) in [7, 11) is 1.60. The van der Waals surface area contributed by atoms with Crippen LogP contribution in [0.1, 0.15) is 18.1 Å². The van der Waals surface area contributed by atoms with Crippen molar-refractivity contribution in [3.63, 3.8) is 0 Å². The summed E-state index contributed by atoms with van der Waals surface area (Å²) in [5.41, 5.74) is 2.32. The van der Waals surface area contributed by atoms with E-state index in [2.05, 4.69) is 5.32 Å². The summed E-state index contributed by atoms with van der Waals surface area (Å²) < 4.78 is 10.6. The van der Waals surface area contributed by atoms with Crippen molar-refractivity contribution >= 4 is 17.7 Å². The van der Waals surface area contributed by atoms with Crippen molar-refractivity contribution in [3.8, 4) is 17.6 Å². The van der Waals surface area contributed by atoms with Gasteiger partial charge in [0.15, 0.2) is 0 Å². The Balaban J connectivity index is 2.15. The van der Waals surface area contributed by atoms with Gasteiger partial charge in [0, 0.05) is 5.69 Å². The van der Waals surface area contributed by atoms with Gasteiger partial charge in [-0.05, 0) is 67.4 Å². The lowest BCUT2D eigenvalue weighted by Crippen LogP contribution is -2.13. The third-order valence-electron chi connectivity index (χ3n) is 3.52. The van der Waals surface area contributed by atoms with Crippen molar-refractivity contribution in [1.82, 2.24) is 0 Å². The van der Waals surface area contributed by atoms with Crippen LogP contribution in [0.2, 0.25) is 0 Å². The number of ether oxygens (including phenoxy) is 2. The Morgan fingerprint density at radius 3 is 2.52 bits per heavy atom. The molecule has 2 rings (SSSR count). The quantitative estimate of drug-likeness (QED) is 0.640. The van der Waals surface area contributed by atoms with Gasteiger partial charge in [0.05, 0.1) is 13.7 Å². The van der Waals surface area contributed by atoms with Gasteiger partial charge in [-0.15, -0.1) is 0 Å². The van der Waals surface area contributed by atoms with Crippen molar-refractivity contribution in [1.29, 1.82) is 5.26 Å². The molecule has 5 nitrogen and oxygen atoms in total. The molecule has 0 saturated heterocycles. The number of methoxy groups -OCH3 is 1. The van der Waals surface area contributed by atoms with E-state index >= 15 is 0 Å². The van der Waals surface area contributed by atoms with Crippen molar-refractivity contribution < 1.29 is 14.3 Å². The molecule has 0 aliphatic heterocycles. The van der Waals surface area contributed by atoms with E-state index in [4.69, 9.17) is 9.47 Å². The van der Waals surface area contributed by atoms with E-state index in [0.717, 1.165) is 22.6 Å². The third kappa shape index (κ3) is 4.85. The van der Waals surface area contributed by atoms with Gasteiger partial charge in [0.25, 0.3) is 5.91 Å². The zero-order valence-electron chi connectivity index (χ0n) is 14.5. The zero-order chi connectivity index (χ0) is 18.2. The van der Waals surface area contributed by atoms with E-state index in [9.17, 15) is 10.1 Å². The van der Waals surface area contributed by atoms with Crippen LogP contribution in [0.15, 0.2) is 48.0 Å². The number of hydrogen-bond acceptors (Lipinski definition) is 4. The van der Waals surface area contributed by atoms with Crippen LogP contribution in [-0.4, -0.2) is 19.6 Å². The molecular formula is C20H20N2O3. The molecule has 0 aliphatic rings. The van der Waals surface area contributed by atoms with Crippen LogP contribution in [-0.2, 0) is 4.79 Å². The van der Waals surface area contributed by atoms with Crippen LogP contribution in [0.25, 0.3) is 6.08 Å². The summed E-state index contributed by atoms with van der Waals surface area (Å²) in [6.45, 7) is 4.39. The van der Waals surface area contributed by atoms with E-state index < -0.39 is 5.91 Å². The smallest absolute Gasteiger partial charge is 0.266 e. The molecule has 128 valence electrons. The zero-order valence-corrected chi connectivity index (χ0v) is 14.5. The Hall–Kier alpha value is -3.26. The lowest BCUT2D eigenvalue weighted by Gasteiger charge is -2.07. The van der Waals surface area contributed by atoms with Crippen molar-refractivity contribution in [2.75, 3.05) is 19.0 Å². The minimum atomic E-state index is -0.458. The number of rotatable bonds is 6. The first-order valence-corrected chi connectivity index (χ1v) is 7.88. The maximum Gasteiger partial charge on any atom is 0.266 e. The normalized spacial score (nSPS) is 10.7. The fourth-order valence-electron chi connectivity index (χ4n) is 2.31. The number of nitriles is 1. The number of nitrogens with zero attached hydrogens (tertiary/aromatic N) is 1. The number of nitrogens with one attached hydrogen (secondary N) is 1. The molecule has 2 aromatic carbocycles. The lowest BCUT2D eigenvalue weighted by atomic mass is 10.1. The summed E-state index contributed by atoms with van der Waals surface area (Å²) in [6, 6.07) is 14.4. The highest BCUT2D eigenvalue weighted by molar-refractivity contribution is 6.09. The number of amides is 1. The molecule has 0 bridgehead atoms. The van der Waals surface area contributed by atoms with E-state index in [-0.39, 0.29) is 5.57 Å². The second-order valence-electron chi connectivity index (χ2n) is 5.31. The highest BCUT2D eigenvalue weighted by Crippen LogP contribution is 2.21. The first kappa shape index (κ1) is 18.1. The summed E-state index contributed by atoms with van der Waals surface area (Å²) in [4.78, 5) is 12.3. The standard InChI is InChI=1S/C20H20N2O3/c1-4-25-18-8-6-17(7-9-18)22-20(23)16(13-21)12-15-5-10-19(24-3)14(2)11-15/h5-12H,4H2,1-3H3,(H,22,23)/b16-12+. The van der Waals surface area contributed by atoms with Crippen LogP contribution < -0.4 is 14.8 Å². The first-order chi connectivity index (χ1) is 12.1. The van der Waals surface area contributed by atoms with Gasteiger partial charge in [0.1, 0.15) is 23.1 Å². The molecule has 0 atom stereocenters. The van der Waals surface area contributed by atoms with Gasteiger partial charge in [0.2, 0.25) is 0 Å². The Labute approximate surface area is 147 Å². The van der Waals surface area contributed by atoms with E-state index in [1.165, 1.54) is 0 Å². The number of hydrogen-bond donors (Lipinski definition) is 1. The summed E-state index contributed by atoms with van der Waals surface area (Å²) >= 11 is 0. The molecule has 5 heteroatoms. The number of anilines is 1. The lowest BCUT2D eigenvalue weighted by molar-refractivity contribution is -0.112. The minimum absolute atomic E-state index is 0.0263. The topological polar surface area (TPSA) is 71.3 Å². The van der Waals surface area contributed by atoms with Crippen LogP contribution in [0.5, 0.6) is 11.5 Å². The van der Waals surface area contributed by atoms with Gasteiger partial charge in [-0.25, -0.2) is 0 Å². The molecule has 1 amide bonds. The first-order valence-electron chi connectivity index (χ1n) is 7.88. The van der Waals surface area contributed by atoms with Crippen molar-refractivity contribution in [3.05, 3.63) is 59.2 Å². The maximum absolute atomic E-state index is 12.3. The molecule has 25 heavy (non-hydrogen) atoms. The predicted molar refractivity (Wildman–Crippen MR) is 97.6 cm³/mol. The number of benzene rings is 2. The average Bonchev–Trinajstić information content (AvgIpc) is 2.61. The fraction of sp³-hybridized carbons (Fsp3) is 0.200. The molecule has 0 heterocycles. The van der Waals surface area contributed by atoms with Crippen LogP contribution >= 0.6 is 0 Å². The number of aryl methyl sites for hydroxylation is 1. The molecule has 0 spiro atoms. The second-order valence-corrected chi connectivity index (χ2v) is 5.31. The molecule has 0 aliphatic carbocycles. The molecule has 0 aromatic heterocycles. The molecule has 0 unspecified atom stereocenters. The molecule has 1 N–H and O–H groups in total. The van der Waals surface area contributed by atoms with Gasteiger partial charge < -0.3 is 14.8 Å². The Morgan fingerprint density at radius 1 is 1.24 bits per heavy atom. The van der Waals surface area contributed by atoms with E-state index in [0.29, 0.717) is 12.3 Å². The molecule has 0 fully saturated rings.